The predicted octanol–water partition coefficient (Wildman–Crippen LogP) is 6.37. The molecule has 0 saturated heterocycles. The Bertz CT molecular complexity index is 1750. The zero-order valence-corrected chi connectivity index (χ0v) is 21.9. The number of para-hydroxylation sites is 2. The van der Waals surface area contributed by atoms with Crippen LogP contribution in [0.2, 0.25) is 5.02 Å². The highest BCUT2D eigenvalue weighted by atomic mass is 35.5. The number of hydrogen-bond donors (Lipinski definition) is 1. The molecule has 188 valence electrons. The number of anilines is 1. The molecule has 5 aromatic rings. The summed E-state index contributed by atoms with van der Waals surface area (Å²) >= 11 is 7.17. The average Bonchev–Trinajstić information content (AvgIpc) is 3.20. The number of nitrogens with zero attached hydrogens (tertiary/aromatic N) is 1. The second-order valence-corrected chi connectivity index (χ2v) is 11.2. The molecule has 0 aliphatic heterocycles. The number of hydrogen-bond acceptors (Lipinski definition) is 6. The van der Waals surface area contributed by atoms with Crippen LogP contribution >= 0.6 is 22.9 Å². The van der Waals surface area contributed by atoms with Gasteiger partial charge in [-0.05, 0) is 54.1 Å². The Balaban J connectivity index is 1.47. The predicted molar refractivity (Wildman–Crippen MR) is 147 cm³/mol. The number of ether oxygens (including phenoxy) is 2. The lowest BCUT2D eigenvalue weighted by Crippen LogP contribution is -2.14. The molecule has 4 aromatic carbocycles. The molecule has 0 unspecified atom stereocenters. The fourth-order valence-electron chi connectivity index (χ4n) is 3.83. The van der Waals surface area contributed by atoms with Crippen LogP contribution in [0.5, 0.6) is 17.2 Å². The van der Waals surface area contributed by atoms with Crippen molar-refractivity contribution in [3.05, 3.63) is 111 Å². The third-order valence-corrected chi connectivity index (χ3v) is 8.15. The lowest BCUT2D eigenvalue weighted by molar-refractivity contribution is 0.379. The molecule has 1 N–H and O–H groups in total. The van der Waals surface area contributed by atoms with Gasteiger partial charge in [0, 0.05) is 5.02 Å². The van der Waals surface area contributed by atoms with Crippen molar-refractivity contribution in [2.45, 2.75) is 11.4 Å². The number of fused-ring (bicyclic) bond motifs is 1. The second-order valence-electron chi connectivity index (χ2n) is 8.07. The largest absolute Gasteiger partial charge is 0.493 e. The summed E-state index contributed by atoms with van der Waals surface area (Å²) in [4.78, 5) is 12.5. The summed E-state index contributed by atoms with van der Waals surface area (Å²) in [5.41, 5.74) is 1.81. The maximum atomic E-state index is 13.4. The highest BCUT2D eigenvalue weighted by Gasteiger charge is 2.20. The van der Waals surface area contributed by atoms with Crippen molar-refractivity contribution >= 4 is 48.9 Å². The van der Waals surface area contributed by atoms with Gasteiger partial charge in [0.05, 0.1) is 34.5 Å². The standard InChI is InChI=1S/C27H21ClN2O5S2/c1-34-24-9-5-6-10-25(24)35-23-14-11-19(28)15-21(23)29-37(32,33)20-12-13-22-26(16-20)36-27(31)30(22)17-18-7-3-2-4-8-18/h2-16,29H,17H2,1H3. The number of sulfonamides is 1. The third kappa shape index (κ3) is 5.34. The van der Waals surface area contributed by atoms with Crippen LogP contribution in [0.15, 0.2) is 101 Å². The SMILES string of the molecule is COc1ccccc1Oc1ccc(Cl)cc1NS(=O)(=O)c1ccc2c(c1)sc(=O)n2Cc1ccccc1. The van der Waals surface area contributed by atoms with Gasteiger partial charge in [-0.25, -0.2) is 8.42 Å². The maximum absolute atomic E-state index is 13.4. The van der Waals surface area contributed by atoms with E-state index in [4.69, 9.17) is 21.1 Å². The van der Waals surface area contributed by atoms with Gasteiger partial charge in [-0.15, -0.1) is 0 Å². The molecule has 0 amide bonds. The molecule has 0 atom stereocenters. The van der Waals surface area contributed by atoms with Crippen LogP contribution in [-0.4, -0.2) is 20.1 Å². The average molecular weight is 553 g/mol. The van der Waals surface area contributed by atoms with E-state index in [0.29, 0.717) is 33.3 Å². The van der Waals surface area contributed by atoms with Crippen molar-refractivity contribution < 1.29 is 17.9 Å². The minimum atomic E-state index is -4.04. The van der Waals surface area contributed by atoms with Crippen LogP contribution in [0.1, 0.15) is 5.56 Å². The third-order valence-electron chi connectivity index (χ3n) is 5.61. The Morgan fingerprint density at radius 3 is 2.38 bits per heavy atom. The van der Waals surface area contributed by atoms with Crippen molar-refractivity contribution in [1.82, 2.24) is 4.57 Å². The lowest BCUT2D eigenvalue weighted by atomic mass is 10.2. The molecule has 0 bridgehead atoms. The summed E-state index contributed by atoms with van der Waals surface area (Å²) in [6, 6.07) is 25.9. The molecule has 37 heavy (non-hydrogen) atoms. The van der Waals surface area contributed by atoms with Crippen molar-refractivity contribution in [2.24, 2.45) is 0 Å². The van der Waals surface area contributed by atoms with Gasteiger partial charge >= 0.3 is 4.87 Å². The van der Waals surface area contributed by atoms with Gasteiger partial charge in [0.1, 0.15) is 0 Å². The number of halogens is 1. The van der Waals surface area contributed by atoms with Crippen LogP contribution in [-0.2, 0) is 16.6 Å². The highest BCUT2D eigenvalue weighted by molar-refractivity contribution is 7.92. The van der Waals surface area contributed by atoms with E-state index < -0.39 is 10.0 Å². The van der Waals surface area contributed by atoms with E-state index in [0.717, 1.165) is 16.9 Å². The Hall–Kier alpha value is -3.79. The highest BCUT2D eigenvalue weighted by Crippen LogP contribution is 2.37. The number of benzene rings is 4. The van der Waals surface area contributed by atoms with Gasteiger partial charge in [0.15, 0.2) is 17.2 Å². The molecule has 0 spiro atoms. The first-order valence-electron chi connectivity index (χ1n) is 11.1. The molecule has 7 nitrogen and oxygen atoms in total. The summed E-state index contributed by atoms with van der Waals surface area (Å²) in [5.74, 6) is 1.16. The molecule has 10 heteroatoms. The quantitative estimate of drug-likeness (QED) is 0.242. The number of nitrogens with one attached hydrogen (secondary N) is 1. The van der Waals surface area contributed by atoms with E-state index in [1.165, 1.54) is 25.3 Å². The van der Waals surface area contributed by atoms with Gasteiger partial charge in [-0.3, -0.25) is 14.1 Å². The van der Waals surface area contributed by atoms with Gasteiger partial charge < -0.3 is 9.47 Å². The molecular formula is C27H21ClN2O5S2. The smallest absolute Gasteiger partial charge is 0.308 e. The first-order valence-corrected chi connectivity index (χ1v) is 13.8. The maximum Gasteiger partial charge on any atom is 0.308 e. The normalized spacial score (nSPS) is 11.4. The number of rotatable bonds is 8. The zero-order chi connectivity index (χ0) is 26.0. The summed E-state index contributed by atoms with van der Waals surface area (Å²) in [7, 11) is -2.52. The van der Waals surface area contributed by atoms with Gasteiger partial charge in [-0.2, -0.15) is 0 Å². The molecule has 0 aliphatic rings. The van der Waals surface area contributed by atoms with Crippen LogP contribution in [0.3, 0.4) is 0 Å². The van der Waals surface area contributed by atoms with E-state index >= 15 is 0 Å². The Morgan fingerprint density at radius 2 is 1.62 bits per heavy atom. The van der Waals surface area contributed by atoms with E-state index in [9.17, 15) is 13.2 Å². The molecule has 5 rings (SSSR count). The second kappa shape index (κ2) is 10.3. The first kappa shape index (κ1) is 24.9. The monoisotopic (exact) mass is 552 g/mol. The summed E-state index contributed by atoms with van der Waals surface area (Å²) in [6.45, 7) is 0.399. The van der Waals surface area contributed by atoms with Crippen LogP contribution in [0, 0.1) is 0 Å². The van der Waals surface area contributed by atoms with E-state index in [-0.39, 0.29) is 21.2 Å². The summed E-state index contributed by atoms with van der Waals surface area (Å²) in [5, 5.41) is 0.330. The van der Waals surface area contributed by atoms with Crippen LogP contribution in [0.25, 0.3) is 10.2 Å². The Kier molecular flexibility index (Phi) is 6.92. The minimum absolute atomic E-state index is 0.0105. The number of aromatic nitrogens is 1. The molecule has 0 saturated carbocycles. The van der Waals surface area contributed by atoms with Crippen LogP contribution in [0.4, 0.5) is 5.69 Å². The topological polar surface area (TPSA) is 86.6 Å². The fourth-order valence-corrected chi connectivity index (χ4v) is 6.09. The molecule has 0 aliphatic carbocycles. The van der Waals surface area contributed by atoms with Gasteiger partial charge in [0.25, 0.3) is 10.0 Å². The van der Waals surface area contributed by atoms with Crippen molar-refractivity contribution in [3.8, 4) is 17.2 Å². The van der Waals surface area contributed by atoms with Crippen LogP contribution < -0.4 is 19.1 Å². The van der Waals surface area contributed by atoms with E-state index in [1.807, 2.05) is 30.3 Å². The molecule has 0 radical (unpaired) electrons. The van der Waals surface area contributed by atoms with Gasteiger partial charge in [0.2, 0.25) is 0 Å². The number of methoxy groups -OCH3 is 1. The summed E-state index contributed by atoms with van der Waals surface area (Å²) < 4.78 is 42.8. The Labute approximate surface area is 222 Å². The zero-order valence-electron chi connectivity index (χ0n) is 19.6. The molecular weight excluding hydrogens is 532 g/mol. The molecule has 1 aromatic heterocycles. The molecule has 0 fully saturated rings. The lowest BCUT2D eigenvalue weighted by Gasteiger charge is -2.15. The van der Waals surface area contributed by atoms with Gasteiger partial charge in [-0.1, -0.05) is 65.4 Å². The summed E-state index contributed by atoms with van der Waals surface area (Å²) in [6.07, 6.45) is 0. The first-order chi connectivity index (χ1) is 17.8. The molecule has 1 heterocycles. The van der Waals surface area contributed by atoms with E-state index in [1.54, 1.807) is 47.0 Å². The number of thiazole rings is 1. The van der Waals surface area contributed by atoms with Crippen molar-refractivity contribution in [2.75, 3.05) is 11.8 Å². The minimum Gasteiger partial charge on any atom is -0.493 e. The Morgan fingerprint density at radius 1 is 0.892 bits per heavy atom. The van der Waals surface area contributed by atoms with Crippen molar-refractivity contribution in [3.63, 3.8) is 0 Å². The van der Waals surface area contributed by atoms with E-state index in [2.05, 4.69) is 4.72 Å². The van der Waals surface area contributed by atoms with Crippen molar-refractivity contribution in [1.29, 1.82) is 0 Å². The fraction of sp³-hybridized carbons (Fsp3) is 0.0741.